The topological polar surface area (TPSA) is 46.2 Å². The number of hydrogen-bond acceptors (Lipinski definition) is 2. The summed E-state index contributed by atoms with van der Waals surface area (Å²) in [5.74, 6) is -0.0408. The van der Waals surface area contributed by atoms with E-state index in [1.54, 1.807) is 19.1 Å². The monoisotopic (exact) mass is 183 g/mol. The van der Waals surface area contributed by atoms with Gasteiger partial charge >= 0.3 is 0 Å². The van der Waals surface area contributed by atoms with Crippen molar-refractivity contribution in [1.29, 1.82) is 0 Å². The fourth-order valence-electron chi connectivity index (χ4n) is 1.11. The van der Waals surface area contributed by atoms with E-state index in [-0.39, 0.29) is 11.7 Å². The first-order valence-electron chi connectivity index (χ1n) is 4.28. The van der Waals surface area contributed by atoms with Crippen molar-refractivity contribution in [1.82, 2.24) is 0 Å². The van der Waals surface area contributed by atoms with E-state index in [1.165, 1.54) is 12.1 Å². The van der Waals surface area contributed by atoms with Crippen molar-refractivity contribution in [2.45, 2.75) is 13.1 Å². The van der Waals surface area contributed by atoms with Crippen molar-refractivity contribution in [3.63, 3.8) is 0 Å². The molecule has 0 saturated heterocycles. The smallest absolute Gasteiger partial charge is 0.129 e. The van der Waals surface area contributed by atoms with Crippen molar-refractivity contribution < 1.29 is 9.50 Å². The Kier molecular flexibility index (Phi) is 3.25. The maximum atomic E-state index is 13.5. The number of halogens is 1. The third-order valence-electron chi connectivity index (χ3n) is 2.08. The Morgan fingerprint density at radius 3 is 2.38 bits per heavy atom. The first-order valence-corrected chi connectivity index (χ1v) is 4.28. The summed E-state index contributed by atoms with van der Waals surface area (Å²) < 4.78 is 13.5. The molecule has 1 aromatic carbocycles. The summed E-state index contributed by atoms with van der Waals surface area (Å²) in [6, 6.07) is 6.11. The highest BCUT2D eigenvalue weighted by atomic mass is 19.1. The SMILES string of the molecule is CC(CN)C(F)c1ccc(O)cc1. The Bertz CT molecular complexity index is 260. The molecular formula is C10H14FNO. The van der Waals surface area contributed by atoms with Crippen molar-refractivity contribution in [2.24, 2.45) is 11.7 Å². The Morgan fingerprint density at radius 2 is 1.92 bits per heavy atom. The lowest BCUT2D eigenvalue weighted by Crippen LogP contribution is -2.16. The van der Waals surface area contributed by atoms with Crippen LogP contribution in [0.15, 0.2) is 24.3 Å². The van der Waals surface area contributed by atoms with Gasteiger partial charge in [-0.05, 0) is 24.2 Å². The average molecular weight is 183 g/mol. The standard InChI is InChI=1S/C10H14FNO/c1-7(6-12)10(11)8-2-4-9(13)5-3-8/h2-5,7,10,13H,6,12H2,1H3. The first kappa shape index (κ1) is 9.99. The summed E-state index contributed by atoms with van der Waals surface area (Å²) in [7, 11) is 0. The molecule has 0 saturated carbocycles. The van der Waals surface area contributed by atoms with Crippen LogP contribution in [0.2, 0.25) is 0 Å². The van der Waals surface area contributed by atoms with Gasteiger partial charge in [0.15, 0.2) is 0 Å². The van der Waals surface area contributed by atoms with Crippen LogP contribution in [0.4, 0.5) is 4.39 Å². The lowest BCUT2D eigenvalue weighted by Gasteiger charge is -2.14. The molecule has 0 fully saturated rings. The molecule has 2 atom stereocenters. The largest absolute Gasteiger partial charge is 0.508 e. The normalized spacial score (nSPS) is 15.3. The second-order valence-corrected chi connectivity index (χ2v) is 3.21. The summed E-state index contributed by atoms with van der Waals surface area (Å²) in [5, 5.41) is 8.99. The molecular weight excluding hydrogens is 169 g/mol. The van der Waals surface area contributed by atoms with Gasteiger partial charge in [0.1, 0.15) is 11.9 Å². The number of rotatable bonds is 3. The third kappa shape index (κ3) is 2.42. The number of alkyl halides is 1. The highest BCUT2D eigenvalue weighted by Gasteiger charge is 2.16. The molecule has 0 aliphatic heterocycles. The van der Waals surface area contributed by atoms with Gasteiger partial charge in [-0.1, -0.05) is 19.1 Å². The molecule has 3 N–H and O–H groups in total. The van der Waals surface area contributed by atoms with Gasteiger partial charge < -0.3 is 10.8 Å². The molecule has 0 spiro atoms. The molecule has 1 aromatic rings. The van der Waals surface area contributed by atoms with Crippen LogP contribution < -0.4 is 5.73 Å². The summed E-state index contributed by atoms with van der Waals surface area (Å²) in [5.41, 5.74) is 5.92. The van der Waals surface area contributed by atoms with Gasteiger partial charge in [0, 0.05) is 5.92 Å². The Labute approximate surface area is 77.2 Å². The van der Waals surface area contributed by atoms with Crippen LogP contribution in [-0.4, -0.2) is 11.7 Å². The predicted molar refractivity (Wildman–Crippen MR) is 50.2 cm³/mol. The molecule has 2 nitrogen and oxygen atoms in total. The number of phenols is 1. The highest BCUT2D eigenvalue weighted by Crippen LogP contribution is 2.26. The number of aromatic hydroxyl groups is 1. The first-order chi connectivity index (χ1) is 6.15. The van der Waals surface area contributed by atoms with E-state index in [1.807, 2.05) is 0 Å². The molecule has 0 aromatic heterocycles. The quantitative estimate of drug-likeness (QED) is 0.752. The van der Waals surface area contributed by atoms with Crippen molar-refractivity contribution in [3.8, 4) is 5.75 Å². The Morgan fingerprint density at radius 1 is 1.38 bits per heavy atom. The molecule has 0 radical (unpaired) electrons. The Balaban J connectivity index is 2.77. The van der Waals surface area contributed by atoms with Gasteiger partial charge in [0.25, 0.3) is 0 Å². The second-order valence-electron chi connectivity index (χ2n) is 3.21. The summed E-state index contributed by atoms with van der Waals surface area (Å²) >= 11 is 0. The van der Waals surface area contributed by atoms with Crippen LogP contribution in [-0.2, 0) is 0 Å². The van der Waals surface area contributed by atoms with Crippen LogP contribution in [0.25, 0.3) is 0 Å². The minimum Gasteiger partial charge on any atom is -0.508 e. The van der Waals surface area contributed by atoms with Crippen LogP contribution in [0.3, 0.4) is 0 Å². The number of benzene rings is 1. The van der Waals surface area contributed by atoms with Gasteiger partial charge in [-0.15, -0.1) is 0 Å². The predicted octanol–water partition coefficient (Wildman–Crippen LogP) is 2.00. The van der Waals surface area contributed by atoms with E-state index in [0.29, 0.717) is 12.1 Å². The van der Waals surface area contributed by atoms with E-state index >= 15 is 0 Å². The number of nitrogens with two attached hydrogens (primary N) is 1. The van der Waals surface area contributed by atoms with Gasteiger partial charge in [-0.25, -0.2) is 4.39 Å². The molecule has 0 aliphatic carbocycles. The summed E-state index contributed by atoms with van der Waals surface area (Å²) in [6.07, 6.45) is -1.05. The van der Waals surface area contributed by atoms with Gasteiger partial charge in [-0.3, -0.25) is 0 Å². The molecule has 1 rings (SSSR count). The molecule has 0 amide bonds. The zero-order valence-corrected chi connectivity index (χ0v) is 7.57. The fourth-order valence-corrected chi connectivity index (χ4v) is 1.11. The second kappa shape index (κ2) is 4.23. The van der Waals surface area contributed by atoms with Gasteiger partial charge in [0.2, 0.25) is 0 Å². The van der Waals surface area contributed by atoms with E-state index in [2.05, 4.69) is 0 Å². The van der Waals surface area contributed by atoms with Crippen LogP contribution in [0.5, 0.6) is 5.75 Å². The lowest BCUT2D eigenvalue weighted by molar-refractivity contribution is 0.251. The third-order valence-corrected chi connectivity index (χ3v) is 2.08. The molecule has 13 heavy (non-hydrogen) atoms. The van der Waals surface area contributed by atoms with Crippen LogP contribution in [0, 0.1) is 5.92 Å². The van der Waals surface area contributed by atoms with Crippen LogP contribution >= 0.6 is 0 Å². The zero-order chi connectivity index (χ0) is 9.84. The van der Waals surface area contributed by atoms with E-state index in [0.717, 1.165) is 0 Å². The molecule has 2 unspecified atom stereocenters. The maximum absolute atomic E-state index is 13.5. The molecule has 0 bridgehead atoms. The molecule has 0 heterocycles. The highest BCUT2D eigenvalue weighted by molar-refractivity contribution is 5.27. The fraction of sp³-hybridized carbons (Fsp3) is 0.400. The van der Waals surface area contributed by atoms with Crippen molar-refractivity contribution >= 4 is 0 Å². The summed E-state index contributed by atoms with van der Waals surface area (Å²) in [4.78, 5) is 0. The molecule has 72 valence electrons. The number of hydrogen-bond donors (Lipinski definition) is 2. The van der Waals surface area contributed by atoms with Crippen molar-refractivity contribution in [3.05, 3.63) is 29.8 Å². The average Bonchev–Trinajstić information content (AvgIpc) is 2.17. The minimum absolute atomic E-state index is 0.149. The zero-order valence-electron chi connectivity index (χ0n) is 7.57. The molecule has 3 heteroatoms. The lowest BCUT2D eigenvalue weighted by atomic mass is 9.99. The van der Waals surface area contributed by atoms with Gasteiger partial charge in [-0.2, -0.15) is 0 Å². The molecule has 0 aliphatic rings. The van der Waals surface area contributed by atoms with Crippen LogP contribution in [0.1, 0.15) is 18.7 Å². The van der Waals surface area contributed by atoms with E-state index in [4.69, 9.17) is 10.8 Å². The maximum Gasteiger partial charge on any atom is 0.129 e. The van der Waals surface area contributed by atoms with E-state index in [9.17, 15) is 4.39 Å². The number of phenolic OH excluding ortho intramolecular Hbond substituents is 1. The minimum atomic E-state index is -1.05. The Hall–Kier alpha value is -1.09. The summed E-state index contributed by atoms with van der Waals surface area (Å²) in [6.45, 7) is 2.08. The van der Waals surface area contributed by atoms with Gasteiger partial charge in [0.05, 0.1) is 0 Å². The van der Waals surface area contributed by atoms with E-state index < -0.39 is 6.17 Å². The van der Waals surface area contributed by atoms with Crippen molar-refractivity contribution in [2.75, 3.05) is 6.54 Å².